The van der Waals surface area contributed by atoms with Crippen molar-refractivity contribution in [3.05, 3.63) is 46.8 Å². The zero-order valence-corrected chi connectivity index (χ0v) is 14.0. The number of methoxy groups -OCH3 is 1. The molecule has 4 N–H and O–H groups in total. The third kappa shape index (κ3) is 3.35. The van der Waals surface area contributed by atoms with Crippen LogP contribution >= 0.6 is 0 Å². The summed E-state index contributed by atoms with van der Waals surface area (Å²) in [5.74, 6) is 0.663. The number of rotatable bonds is 4. The number of benzene rings is 1. The van der Waals surface area contributed by atoms with E-state index >= 15 is 0 Å². The standard InChI is InChI=1S/C17H20N2O7/c1-25-10-4-2-9(3-5-10)11-6-7-13(21)19(18-11)17-16(24)15(23)14(22)12(8-20)26-17/h2-7,12,14-17,20,22-24H,8H2,1H3/t12-,14-,15+,16-,17-/m1/s1. The first-order chi connectivity index (χ1) is 12.5. The van der Waals surface area contributed by atoms with Gasteiger partial charge in [0.25, 0.3) is 5.56 Å². The van der Waals surface area contributed by atoms with Gasteiger partial charge in [0.05, 0.1) is 19.4 Å². The first-order valence-electron chi connectivity index (χ1n) is 8.01. The third-order valence-corrected chi connectivity index (χ3v) is 4.32. The molecule has 1 aromatic carbocycles. The molecule has 0 radical (unpaired) electrons. The molecule has 1 aromatic heterocycles. The van der Waals surface area contributed by atoms with E-state index in [-0.39, 0.29) is 0 Å². The summed E-state index contributed by atoms with van der Waals surface area (Å²) in [5.41, 5.74) is 0.569. The van der Waals surface area contributed by atoms with Gasteiger partial charge in [-0.1, -0.05) is 0 Å². The molecule has 1 aliphatic rings. The number of aliphatic hydroxyl groups is 4. The van der Waals surface area contributed by atoms with Crippen LogP contribution in [-0.4, -0.2) is 68.3 Å². The largest absolute Gasteiger partial charge is 0.497 e. The van der Waals surface area contributed by atoms with Crippen LogP contribution in [0.25, 0.3) is 11.3 Å². The van der Waals surface area contributed by atoms with Crippen molar-refractivity contribution in [1.82, 2.24) is 9.78 Å². The molecular formula is C17H20N2O7. The van der Waals surface area contributed by atoms with Crippen molar-refractivity contribution < 1.29 is 29.9 Å². The normalized spacial score (nSPS) is 28.7. The van der Waals surface area contributed by atoms with Gasteiger partial charge >= 0.3 is 0 Å². The predicted molar refractivity (Wildman–Crippen MR) is 89.5 cm³/mol. The van der Waals surface area contributed by atoms with Crippen LogP contribution in [0.5, 0.6) is 5.75 Å². The molecule has 0 spiro atoms. The fourth-order valence-corrected chi connectivity index (χ4v) is 2.81. The van der Waals surface area contributed by atoms with Crippen molar-refractivity contribution in [1.29, 1.82) is 0 Å². The Kier molecular flexibility index (Phi) is 5.35. The molecule has 1 saturated heterocycles. The van der Waals surface area contributed by atoms with Gasteiger partial charge in [0.2, 0.25) is 0 Å². The highest BCUT2D eigenvalue weighted by molar-refractivity contribution is 5.59. The van der Waals surface area contributed by atoms with Crippen LogP contribution < -0.4 is 10.3 Å². The minimum atomic E-state index is -1.59. The second-order valence-electron chi connectivity index (χ2n) is 5.95. The molecule has 1 fully saturated rings. The molecule has 5 atom stereocenters. The molecule has 1 aliphatic heterocycles. The highest BCUT2D eigenvalue weighted by atomic mass is 16.6. The van der Waals surface area contributed by atoms with Crippen LogP contribution in [0.4, 0.5) is 0 Å². The molecule has 9 nitrogen and oxygen atoms in total. The Labute approximate surface area is 148 Å². The average molecular weight is 364 g/mol. The molecule has 0 unspecified atom stereocenters. The molecule has 0 bridgehead atoms. The van der Waals surface area contributed by atoms with Gasteiger partial charge < -0.3 is 29.9 Å². The second-order valence-corrected chi connectivity index (χ2v) is 5.95. The zero-order chi connectivity index (χ0) is 18.8. The molecule has 2 aromatic rings. The highest BCUT2D eigenvalue weighted by Crippen LogP contribution is 2.27. The number of aliphatic hydroxyl groups excluding tert-OH is 4. The summed E-state index contributed by atoms with van der Waals surface area (Å²) in [4.78, 5) is 12.2. The summed E-state index contributed by atoms with van der Waals surface area (Å²) in [6, 6.07) is 9.76. The van der Waals surface area contributed by atoms with E-state index in [1.807, 2.05) is 0 Å². The predicted octanol–water partition coefficient (Wildman–Crippen LogP) is -1.11. The van der Waals surface area contributed by atoms with Crippen molar-refractivity contribution in [3.8, 4) is 17.0 Å². The lowest BCUT2D eigenvalue weighted by molar-refractivity contribution is -0.254. The van der Waals surface area contributed by atoms with Crippen LogP contribution in [0, 0.1) is 0 Å². The van der Waals surface area contributed by atoms with Gasteiger partial charge in [-0.05, 0) is 30.3 Å². The summed E-state index contributed by atoms with van der Waals surface area (Å²) in [7, 11) is 1.55. The minimum Gasteiger partial charge on any atom is -0.497 e. The molecule has 140 valence electrons. The van der Waals surface area contributed by atoms with Gasteiger partial charge in [-0.15, -0.1) is 0 Å². The summed E-state index contributed by atoms with van der Waals surface area (Å²) >= 11 is 0. The van der Waals surface area contributed by atoms with Gasteiger partial charge in [-0.3, -0.25) is 4.79 Å². The van der Waals surface area contributed by atoms with E-state index in [9.17, 15) is 25.2 Å². The van der Waals surface area contributed by atoms with E-state index in [0.29, 0.717) is 17.0 Å². The lowest BCUT2D eigenvalue weighted by Crippen LogP contribution is -2.57. The van der Waals surface area contributed by atoms with Gasteiger partial charge in [0.15, 0.2) is 6.23 Å². The topological polar surface area (TPSA) is 134 Å². The molecule has 0 amide bonds. The lowest BCUT2D eigenvalue weighted by Gasteiger charge is -2.39. The average Bonchev–Trinajstić information content (AvgIpc) is 2.67. The Morgan fingerprint density at radius 1 is 1.08 bits per heavy atom. The maximum Gasteiger partial charge on any atom is 0.269 e. The second kappa shape index (κ2) is 7.52. The maximum atomic E-state index is 12.2. The number of nitrogens with zero attached hydrogens (tertiary/aromatic N) is 2. The quantitative estimate of drug-likeness (QED) is 0.537. The Hall–Kier alpha value is -2.30. The van der Waals surface area contributed by atoms with Crippen LogP contribution in [-0.2, 0) is 4.74 Å². The lowest BCUT2D eigenvalue weighted by atomic mass is 9.98. The van der Waals surface area contributed by atoms with Crippen molar-refractivity contribution >= 4 is 0 Å². The summed E-state index contributed by atoms with van der Waals surface area (Å²) in [5, 5.41) is 43.5. The first kappa shape index (κ1) is 18.5. The van der Waals surface area contributed by atoms with E-state index in [0.717, 1.165) is 4.68 Å². The molecule has 0 saturated carbocycles. The van der Waals surface area contributed by atoms with Crippen molar-refractivity contribution in [3.63, 3.8) is 0 Å². The van der Waals surface area contributed by atoms with E-state index < -0.39 is 42.8 Å². The van der Waals surface area contributed by atoms with Gasteiger partial charge in [0, 0.05) is 11.6 Å². The number of hydrogen-bond acceptors (Lipinski definition) is 8. The van der Waals surface area contributed by atoms with Crippen LogP contribution in [0.2, 0.25) is 0 Å². The van der Waals surface area contributed by atoms with Gasteiger partial charge in [0.1, 0.15) is 30.2 Å². The summed E-state index contributed by atoms with van der Waals surface area (Å²) in [6.45, 7) is -0.589. The highest BCUT2D eigenvalue weighted by Gasteiger charge is 2.45. The van der Waals surface area contributed by atoms with Gasteiger partial charge in [-0.25, -0.2) is 0 Å². The first-order valence-corrected chi connectivity index (χ1v) is 8.01. The van der Waals surface area contributed by atoms with Crippen LogP contribution in [0.3, 0.4) is 0 Å². The van der Waals surface area contributed by atoms with Crippen LogP contribution in [0.1, 0.15) is 6.23 Å². The maximum absolute atomic E-state index is 12.2. The van der Waals surface area contributed by atoms with E-state index in [2.05, 4.69) is 5.10 Å². The van der Waals surface area contributed by atoms with E-state index in [4.69, 9.17) is 9.47 Å². The van der Waals surface area contributed by atoms with Gasteiger partial charge in [-0.2, -0.15) is 9.78 Å². The Morgan fingerprint density at radius 2 is 1.77 bits per heavy atom. The molecular weight excluding hydrogens is 344 g/mol. The number of aromatic nitrogens is 2. The summed E-state index contributed by atoms with van der Waals surface area (Å²) in [6.07, 6.45) is -7.17. The SMILES string of the molecule is COc1ccc(-c2ccc(=O)n([C@@H]3O[C@H](CO)[C@@H](O)[C@H](O)[C@H]3O)n2)cc1. The van der Waals surface area contributed by atoms with Crippen molar-refractivity contribution in [2.45, 2.75) is 30.6 Å². The Morgan fingerprint density at radius 3 is 2.38 bits per heavy atom. The molecule has 0 aliphatic carbocycles. The van der Waals surface area contributed by atoms with Crippen molar-refractivity contribution in [2.24, 2.45) is 0 Å². The molecule has 26 heavy (non-hydrogen) atoms. The zero-order valence-electron chi connectivity index (χ0n) is 14.0. The van der Waals surface area contributed by atoms with E-state index in [1.165, 1.54) is 12.1 Å². The van der Waals surface area contributed by atoms with E-state index in [1.54, 1.807) is 31.4 Å². The fourth-order valence-electron chi connectivity index (χ4n) is 2.81. The monoisotopic (exact) mass is 364 g/mol. The number of ether oxygens (including phenoxy) is 2. The van der Waals surface area contributed by atoms with Crippen LogP contribution in [0.15, 0.2) is 41.2 Å². The minimum absolute atomic E-state index is 0.434. The molecule has 3 rings (SSSR count). The van der Waals surface area contributed by atoms with Crippen molar-refractivity contribution in [2.75, 3.05) is 13.7 Å². The summed E-state index contributed by atoms with van der Waals surface area (Å²) < 4.78 is 11.4. The smallest absolute Gasteiger partial charge is 0.269 e. The molecule has 2 heterocycles. The number of hydrogen-bond donors (Lipinski definition) is 4. The molecule has 9 heteroatoms. The Bertz CT molecular complexity index is 806. The third-order valence-electron chi connectivity index (χ3n) is 4.32. The fraction of sp³-hybridized carbons (Fsp3) is 0.412. The Balaban J connectivity index is 1.97.